The lowest BCUT2D eigenvalue weighted by Crippen LogP contribution is -2.23. The number of aromatic nitrogens is 1. The van der Waals surface area contributed by atoms with Gasteiger partial charge in [-0.15, -0.1) is 11.3 Å². The first-order valence-electron chi connectivity index (χ1n) is 9.53. The quantitative estimate of drug-likeness (QED) is 0.224. The largest absolute Gasteiger partial charge is 0.416 e. The monoisotopic (exact) mass is 449 g/mol. The molecule has 0 bridgehead atoms. The van der Waals surface area contributed by atoms with Gasteiger partial charge in [0, 0.05) is 6.54 Å². The Balaban J connectivity index is 1.86. The Morgan fingerprint density at radius 3 is 2.13 bits per heavy atom. The molecule has 2 aromatic rings. The van der Waals surface area contributed by atoms with E-state index in [1.54, 1.807) is 6.92 Å². The second-order valence-corrected chi connectivity index (χ2v) is 7.88. The Labute approximate surface area is 173 Å². The second kappa shape index (κ2) is 9.69. The van der Waals surface area contributed by atoms with Crippen LogP contribution in [0.15, 0.2) is 0 Å². The number of likely N-dealkylation sites (tertiary alicyclic amines) is 1. The number of benzene rings is 1. The van der Waals surface area contributed by atoms with E-state index in [2.05, 4.69) is 19.9 Å². The molecule has 0 spiro atoms. The maximum absolute atomic E-state index is 13.8. The number of esters is 1. The summed E-state index contributed by atoms with van der Waals surface area (Å²) in [5, 5.41) is 3.44. The number of carbonyl (C=O) groups is 1. The summed E-state index contributed by atoms with van der Waals surface area (Å²) in [4.78, 5) is 18.9. The van der Waals surface area contributed by atoms with Crippen LogP contribution in [0.1, 0.15) is 47.3 Å². The fourth-order valence-corrected chi connectivity index (χ4v) is 4.12. The predicted octanol–water partition coefficient (Wildman–Crippen LogP) is 4.87. The smallest absolute Gasteiger partial charge is 0.357 e. The van der Waals surface area contributed by atoms with Crippen molar-refractivity contribution in [3.8, 4) is 5.75 Å². The van der Waals surface area contributed by atoms with E-state index in [9.17, 15) is 26.7 Å². The van der Waals surface area contributed by atoms with Crippen LogP contribution in [0.25, 0.3) is 0 Å². The molecule has 11 heteroatoms. The topological polar surface area (TPSA) is 54.5 Å². The number of hydrogen-bond acceptors (Lipinski definition) is 6. The van der Waals surface area contributed by atoms with Crippen molar-refractivity contribution < 1.29 is 31.5 Å². The van der Waals surface area contributed by atoms with Gasteiger partial charge in [-0.3, -0.25) is 4.90 Å². The van der Waals surface area contributed by atoms with Crippen molar-refractivity contribution in [2.24, 2.45) is 0 Å². The number of anilines is 1. The lowest BCUT2D eigenvalue weighted by atomic mass is 10.2. The van der Waals surface area contributed by atoms with Gasteiger partial charge in [-0.2, -0.15) is 8.78 Å². The van der Waals surface area contributed by atoms with Crippen LogP contribution in [0.3, 0.4) is 0 Å². The summed E-state index contributed by atoms with van der Waals surface area (Å²) in [6.07, 6.45) is 4.41. The van der Waals surface area contributed by atoms with Gasteiger partial charge < -0.3 is 10.1 Å². The number of halogens is 5. The fourth-order valence-electron chi connectivity index (χ4n) is 3.16. The van der Waals surface area contributed by atoms with Crippen molar-refractivity contribution in [2.45, 2.75) is 39.2 Å². The molecule has 0 amide bonds. The zero-order valence-electron chi connectivity index (χ0n) is 16.2. The molecule has 1 N–H and O–H groups in total. The number of ether oxygens (including phenoxy) is 1. The Bertz CT molecular complexity index is 900. The molecule has 0 saturated carbocycles. The van der Waals surface area contributed by atoms with Crippen molar-refractivity contribution in [2.75, 3.05) is 25.0 Å². The molecule has 0 aliphatic carbocycles. The van der Waals surface area contributed by atoms with Crippen molar-refractivity contribution in [1.29, 1.82) is 0 Å². The summed E-state index contributed by atoms with van der Waals surface area (Å²) in [6, 6.07) is 0. The van der Waals surface area contributed by atoms with E-state index in [1.165, 1.54) is 0 Å². The molecular weight excluding hydrogens is 429 g/mol. The van der Waals surface area contributed by atoms with Gasteiger partial charge in [-0.1, -0.05) is 12.8 Å². The summed E-state index contributed by atoms with van der Waals surface area (Å²) < 4.78 is 72.2. The van der Waals surface area contributed by atoms with Gasteiger partial charge in [0.2, 0.25) is 34.8 Å². The molecule has 1 aromatic heterocycles. The van der Waals surface area contributed by atoms with Gasteiger partial charge in [0.15, 0.2) is 10.7 Å². The summed E-state index contributed by atoms with van der Waals surface area (Å²) in [7, 11) is 0. The first kappa shape index (κ1) is 22.4. The number of thiazole rings is 1. The van der Waals surface area contributed by atoms with E-state index >= 15 is 0 Å². The molecule has 1 fully saturated rings. The SMILES string of the molecule is CCNc1nc(CN2CCCCCC2)sc1C(=O)Oc1c(F)c(F)c(F)c(F)c1F. The molecule has 164 valence electrons. The molecule has 1 saturated heterocycles. The van der Waals surface area contributed by atoms with Crippen LogP contribution in [0.2, 0.25) is 0 Å². The minimum atomic E-state index is -2.32. The van der Waals surface area contributed by atoms with Crippen molar-refractivity contribution in [3.05, 3.63) is 39.0 Å². The highest BCUT2D eigenvalue weighted by atomic mass is 32.1. The van der Waals surface area contributed by atoms with Crippen LogP contribution in [-0.4, -0.2) is 35.5 Å². The molecule has 1 aliphatic rings. The van der Waals surface area contributed by atoms with Crippen LogP contribution >= 0.6 is 11.3 Å². The molecule has 0 radical (unpaired) electrons. The molecule has 0 unspecified atom stereocenters. The third kappa shape index (κ3) is 4.72. The zero-order valence-corrected chi connectivity index (χ0v) is 17.0. The number of carbonyl (C=O) groups excluding carboxylic acids is 1. The van der Waals surface area contributed by atoms with E-state index in [0.29, 0.717) is 18.1 Å². The van der Waals surface area contributed by atoms with Crippen LogP contribution in [-0.2, 0) is 6.54 Å². The van der Waals surface area contributed by atoms with Crippen LogP contribution < -0.4 is 10.1 Å². The van der Waals surface area contributed by atoms with Crippen molar-refractivity contribution >= 4 is 23.1 Å². The van der Waals surface area contributed by atoms with E-state index in [-0.39, 0.29) is 10.7 Å². The van der Waals surface area contributed by atoms with Crippen LogP contribution in [0.4, 0.5) is 27.8 Å². The third-order valence-electron chi connectivity index (χ3n) is 4.62. The normalized spacial score (nSPS) is 15.1. The summed E-state index contributed by atoms with van der Waals surface area (Å²) in [5.74, 6) is -13.9. The maximum Gasteiger partial charge on any atom is 0.357 e. The molecule has 1 aliphatic heterocycles. The highest BCUT2D eigenvalue weighted by molar-refractivity contribution is 7.14. The van der Waals surface area contributed by atoms with Gasteiger partial charge >= 0.3 is 5.97 Å². The molecule has 30 heavy (non-hydrogen) atoms. The van der Waals surface area contributed by atoms with E-state index < -0.39 is 40.8 Å². The van der Waals surface area contributed by atoms with E-state index in [1.807, 2.05) is 0 Å². The molecule has 5 nitrogen and oxygen atoms in total. The number of hydrogen-bond donors (Lipinski definition) is 1. The Morgan fingerprint density at radius 1 is 1.00 bits per heavy atom. The Kier molecular flexibility index (Phi) is 7.24. The van der Waals surface area contributed by atoms with E-state index in [4.69, 9.17) is 0 Å². The molecular formula is C19H20F5N3O2S. The predicted molar refractivity (Wildman–Crippen MR) is 101 cm³/mol. The molecule has 0 atom stereocenters. The molecule has 2 heterocycles. The highest BCUT2D eigenvalue weighted by Crippen LogP contribution is 2.32. The average molecular weight is 449 g/mol. The van der Waals surface area contributed by atoms with Crippen LogP contribution in [0, 0.1) is 29.1 Å². The Morgan fingerprint density at radius 2 is 1.57 bits per heavy atom. The highest BCUT2D eigenvalue weighted by Gasteiger charge is 2.30. The summed E-state index contributed by atoms with van der Waals surface area (Å²) in [5.41, 5.74) is 0. The number of rotatable bonds is 6. The first-order chi connectivity index (χ1) is 14.3. The fraction of sp³-hybridized carbons (Fsp3) is 0.474. The average Bonchev–Trinajstić information content (AvgIpc) is 2.94. The molecule has 1 aromatic carbocycles. The van der Waals surface area contributed by atoms with Gasteiger partial charge in [0.25, 0.3) is 0 Å². The second-order valence-electron chi connectivity index (χ2n) is 6.79. The third-order valence-corrected chi connectivity index (χ3v) is 5.64. The number of nitrogens with zero attached hydrogens (tertiary/aromatic N) is 2. The van der Waals surface area contributed by atoms with Gasteiger partial charge in [0.1, 0.15) is 5.01 Å². The summed E-state index contributed by atoms with van der Waals surface area (Å²) in [6.45, 7) is 4.42. The standard InChI is InChI=1S/C19H20F5N3O2S/c1-2-25-18-17(30-10(26-18)9-27-7-5-3-4-6-8-27)19(28)29-16-14(23)12(21)11(20)13(22)15(16)24/h25H,2-9H2,1H3. The van der Waals surface area contributed by atoms with Crippen LogP contribution in [0.5, 0.6) is 5.75 Å². The molecule has 3 rings (SSSR count). The van der Waals surface area contributed by atoms with Crippen molar-refractivity contribution in [3.63, 3.8) is 0 Å². The van der Waals surface area contributed by atoms with Gasteiger partial charge in [-0.05, 0) is 32.9 Å². The summed E-state index contributed by atoms with van der Waals surface area (Å²) >= 11 is 0.954. The minimum absolute atomic E-state index is 0.106. The first-order valence-corrected chi connectivity index (χ1v) is 10.3. The minimum Gasteiger partial charge on any atom is -0.416 e. The number of nitrogens with one attached hydrogen (secondary N) is 1. The Hall–Kier alpha value is -2.27. The van der Waals surface area contributed by atoms with Crippen molar-refractivity contribution in [1.82, 2.24) is 9.88 Å². The van der Waals surface area contributed by atoms with Gasteiger partial charge in [-0.25, -0.2) is 22.9 Å². The van der Waals surface area contributed by atoms with E-state index in [0.717, 1.165) is 50.1 Å². The van der Waals surface area contributed by atoms with Gasteiger partial charge in [0.05, 0.1) is 6.54 Å². The maximum atomic E-state index is 13.8. The lowest BCUT2D eigenvalue weighted by molar-refractivity contribution is 0.0722. The zero-order chi connectivity index (χ0) is 21.8. The lowest BCUT2D eigenvalue weighted by Gasteiger charge is -2.17.